The number of amides is 3. The van der Waals surface area contributed by atoms with E-state index in [1.165, 1.54) is 13.1 Å². The second-order valence-corrected chi connectivity index (χ2v) is 8.43. The number of anilines is 1. The SMILES string of the molecule is CC(C)C(N)C(=O)OCC1(c2ccccc2)C(=O)N(c2ccc(C#N)c(C(F)(F)F)c2)C(=O)N1C.Cl. The summed E-state index contributed by atoms with van der Waals surface area (Å²) in [7, 11) is 1.29. The number of benzene rings is 2. The molecule has 1 saturated heterocycles. The van der Waals surface area contributed by atoms with Crippen molar-refractivity contribution in [3.63, 3.8) is 0 Å². The first-order chi connectivity index (χ1) is 16.4. The van der Waals surface area contributed by atoms with Crippen LogP contribution in [-0.4, -0.2) is 42.5 Å². The first-order valence-corrected chi connectivity index (χ1v) is 10.6. The molecular formula is C24H24ClF3N4O4. The maximum absolute atomic E-state index is 13.8. The molecule has 192 valence electrons. The summed E-state index contributed by atoms with van der Waals surface area (Å²) in [5, 5.41) is 9.06. The highest BCUT2D eigenvalue weighted by Gasteiger charge is 2.58. The molecule has 1 aliphatic heterocycles. The topological polar surface area (TPSA) is 117 Å². The van der Waals surface area contributed by atoms with Gasteiger partial charge in [0.2, 0.25) is 0 Å². The van der Waals surface area contributed by atoms with E-state index < -0.39 is 53.4 Å². The average molecular weight is 525 g/mol. The van der Waals surface area contributed by atoms with Gasteiger partial charge in [0.05, 0.1) is 22.9 Å². The highest BCUT2D eigenvalue weighted by atomic mass is 35.5. The van der Waals surface area contributed by atoms with Crippen molar-refractivity contribution in [2.24, 2.45) is 11.7 Å². The van der Waals surface area contributed by atoms with Gasteiger partial charge in [0.15, 0.2) is 5.54 Å². The Morgan fingerprint density at radius 2 is 1.78 bits per heavy atom. The van der Waals surface area contributed by atoms with Crippen LogP contribution in [0.15, 0.2) is 48.5 Å². The Labute approximate surface area is 211 Å². The van der Waals surface area contributed by atoms with Crippen LogP contribution in [0.5, 0.6) is 0 Å². The molecule has 0 spiro atoms. The van der Waals surface area contributed by atoms with Crippen molar-refractivity contribution < 1.29 is 32.3 Å². The molecule has 2 aromatic carbocycles. The fourth-order valence-electron chi connectivity index (χ4n) is 3.78. The van der Waals surface area contributed by atoms with Crippen molar-refractivity contribution >= 4 is 36.0 Å². The van der Waals surface area contributed by atoms with Gasteiger partial charge >= 0.3 is 18.2 Å². The Hall–Kier alpha value is -3.62. The number of nitriles is 1. The van der Waals surface area contributed by atoms with Crippen LogP contribution in [0.2, 0.25) is 0 Å². The van der Waals surface area contributed by atoms with Gasteiger partial charge in [0.1, 0.15) is 12.6 Å². The minimum Gasteiger partial charge on any atom is -0.461 e. The molecule has 1 heterocycles. The second-order valence-electron chi connectivity index (χ2n) is 8.43. The molecule has 1 aliphatic rings. The van der Waals surface area contributed by atoms with Gasteiger partial charge in [-0.3, -0.25) is 9.59 Å². The molecule has 36 heavy (non-hydrogen) atoms. The summed E-state index contributed by atoms with van der Waals surface area (Å²) in [6, 6.07) is 10.1. The molecule has 0 bridgehead atoms. The summed E-state index contributed by atoms with van der Waals surface area (Å²) in [5.74, 6) is -1.97. The molecule has 0 aromatic heterocycles. The van der Waals surface area contributed by atoms with Crippen LogP contribution in [-0.2, 0) is 26.0 Å². The van der Waals surface area contributed by atoms with E-state index in [0.717, 1.165) is 17.0 Å². The third-order valence-corrected chi connectivity index (χ3v) is 5.96. The summed E-state index contributed by atoms with van der Waals surface area (Å²) < 4.78 is 45.9. The summed E-state index contributed by atoms with van der Waals surface area (Å²) in [4.78, 5) is 41.1. The van der Waals surface area contributed by atoms with Crippen molar-refractivity contribution in [3.05, 3.63) is 65.2 Å². The fourth-order valence-corrected chi connectivity index (χ4v) is 3.78. The standard InChI is InChI=1S/C24H23F3N4O4.ClH/c1-14(2)19(29)20(32)35-13-23(16-7-5-4-6-8-16)21(33)31(22(34)30(23)3)17-10-9-15(12-28)18(11-17)24(25,26)27;/h4-11,14,19H,13,29H2,1-3H3;1H. The lowest BCUT2D eigenvalue weighted by molar-refractivity contribution is -0.151. The van der Waals surface area contributed by atoms with Gasteiger partial charge < -0.3 is 15.4 Å². The molecule has 2 unspecified atom stereocenters. The number of imide groups is 1. The minimum absolute atomic E-state index is 0. The van der Waals surface area contributed by atoms with Crippen molar-refractivity contribution in [2.75, 3.05) is 18.6 Å². The Kier molecular flexibility index (Phi) is 8.39. The van der Waals surface area contributed by atoms with E-state index in [4.69, 9.17) is 15.7 Å². The van der Waals surface area contributed by atoms with Crippen LogP contribution in [0.1, 0.15) is 30.5 Å². The van der Waals surface area contributed by atoms with Crippen molar-refractivity contribution in [2.45, 2.75) is 31.6 Å². The van der Waals surface area contributed by atoms with Crippen LogP contribution in [0, 0.1) is 17.2 Å². The van der Waals surface area contributed by atoms with Crippen LogP contribution in [0.3, 0.4) is 0 Å². The average Bonchev–Trinajstić information content (AvgIpc) is 3.02. The van der Waals surface area contributed by atoms with Gasteiger partial charge in [0, 0.05) is 7.05 Å². The Morgan fingerprint density at radius 3 is 2.31 bits per heavy atom. The number of urea groups is 1. The zero-order chi connectivity index (χ0) is 26.1. The molecule has 2 aromatic rings. The lowest BCUT2D eigenvalue weighted by Crippen LogP contribution is -2.50. The molecule has 0 radical (unpaired) electrons. The predicted molar refractivity (Wildman–Crippen MR) is 126 cm³/mol. The lowest BCUT2D eigenvalue weighted by atomic mass is 9.89. The van der Waals surface area contributed by atoms with Gasteiger partial charge in [-0.25, -0.2) is 9.69 Å². The maximum Gasteiger partial charge on any atom is 0.417 e. The zero-order valence-electron chi connectivity index (χ0n) is 19.6. The van der Waals surface area contributed by atoms with Crippen LogP contribution < -0.4 is 10.6 Å². The van der Waals surface area contributed by atoms with Crippen LogP contribution >= 0.6 is 12.4 Å². The Balaban J connectivity index is 0.00000456. The summed E-state index contributed by atoms with van der Waals surface area (Å²) in [6.45, 7) is 2.82. The highest BCUT2D eigenvalue weighted by molar-refractivity contribution is 6.23. The first-order valence-electron chi connectivity index (χ1n) is 10.6. The Bertz CT molecular complexity index is 1200. The first kappa shape index (κ1) is 28.6. The van der Waals surface area contributed by atoms with Gasteiger partial charge in [0.25, 0.3) is 5.91 Å². The number of hydrogen-bond donors (Lipinski definition) is 1. The van der Waals surface area contributed by atoms with Crippen molar-refractivity contribution in [3.8, 4) is 6.07 Å². The van der Waals surface area contributed by atoms with Gasteiger partial charge in [-0.1, -0.05) is 44.2 Å². The minimum atomic E-state index is -4.89. The Morgan fingerprint density at radius 1 is 1.17 bits per heavy atom. The molecule has 2 atom stereocenters. The third-order valence-electron chi connectivity index (χ3n) is 5.96. The summed E-state index contributed by atoms with van der Waals surface area (Å²) >= 11 is 0. The van der Waals surface area contributed by atoms with Gasteiger partial charge in [-0.15, -0.1) is 12.4 Å². The summed E-state index contributed by atoms with van der Waals surface area (Å²) in [6.07, 6.45) is -4.89. The molecule has 8 nitrogen and oxygen atoms in total. The van der Waals surface area contributed by atoms with E-state index in [1.807, 2.05) is 0 Å². The molecule has 12 heteroatoms. The van der Waals surface area contributed by atoms with Gasteiger partial charge in [-0.05, 0) is 29.7 Å². The van der Waals surface area contributed by atoms with Crippen molar-refractivity contribution in [1.29, 1.82) is 5.26 Å². The van der Waals surface area contributed by atoms with Gasteiger partial charge in [-0.2, -0.15) is 18.4 Å². The van der Waals surface area contributed by atoms with E-state index in [2.05, 4.69) is 0 Å². The third kappa shape index (κ3) is 4.87. The lowest BCUT2D eigenvalue weighted by Gasteiger charge is -2.33. The number of likely N-dealkylation sites (N-methyl/N-ethyl adjacent to an activating group) is 1. The highest BCUT2D eigenvalue weighted by Crippen LogP contribution is 2.41. The van der Waals surface area contributed by atoms with Crippen molar-refractivity contribution in [1.82, 2.24) is 4.90 Å². The quantitative estimate of drug-likeness (QED) is 0.453. The number of carbonyl (C=O) groups is 3. The number of halogens is 4. The molecule has 3 amide bonds. The number of hydrogen-bond acceptors (Lipinski definition) is 6. The number of alkyl halides is 3. The summed E-state index contributed by atoms with van der Waals surface area (Å²) in [5.41, 5.74) is 1.97. The normalized spacial score (nSPS) is 18.6. The number of carbonyl (C=O) groups excluding carboxylic acids is 3. The molecule has 2 N–H and O–H groups in total. The number of nitrogens with two attached hydrogens (primary N) is 1. The fraction of sp³-hybridized carbons (Fsp3) is 0.333. The number of ether oxygens (including phenoxy) is 1. The van der Waals surface area contributed by atoms with E-state index in [1.54, 1.807) is 44.2 Å². The zero-order valence-corrected chi connectivity index (χ0v) is 20.4. The molecule has 3 rings (SSSR count). The predicted octanol–water partition coefficient (Wildman–Crippen LogP) is 3.82. The molecule has 0 aliphatic carbocycles. The smallest absolute Gasteiger partial charge is 0.417 e. The van der Waals surface area contributed by atoms with Crippen LogP contribution in [0.25, 0.3) is 0 Å². The molecule has 1 fully saturated rings. The van der Waals surface area contributed by atoms with E-state index >= 15 is 0 Å². The van der Waals surface area contributed by atoms with E-state index in [9.17, 15) is 27.6 Å². The number of esters is 1. The molecule has 0 saturated carbocycles. The van der Waals surface area contributed by atoms with Crippen LogP contribution in [0.4, 0.5) is 23.7 Å². The number of rotatable bonds is 6. The molecular weight excluding hydrogens is 501 g/mol. The van der Waals surface area contributed by atoms with E-state index in [0.29, 0.717) is 16.5 Å². The largest absolute Gasteiger partial charge is 0.461 e. The van der Waals surface area contributed by atoms with E-state index in [-0.39, 0.29) is 24.0 Å². The maximum atomic E-state index is 13.8. The monoisotopic (exact) mass is 524 g/mol. The second kappa shape index (κ2) is 10.6. The number of nitrogens with zero attached hydrogens (tertiary/aromatic N) is 3.